The fourth-order valence-corrected chi connectivity index (χ4v) is 2.79. The molecule has 3 rings (SSSR count). The monoisotopic (exact) mass is 363 g/mol. The van der Waals surface area contributed by atoms with E-state index in [2.05, 4.69) is 5.32 Å². The van der Waals surface area contributed by atoms with Gasteiger partial charge in [-0.2, -0.15) is 13.2 Å². The molecule has 2 aromatic rings. The quantitative estimate of drug-likeness (QED) is 0.857. The molecule has 0 aliphatic carbocycles. The van der Waals surface area contributed by atoms with E-state index < -0.39 is 30.3 Å². The second-order valence-electron chi connectivity index (χ2n) is 5.17. The number of hydrogen-bond acceptors (Lipinski definition) is 3. The summed E-state index contributed by atoms with van der Waals surface area (Å²) in [6.07, 6.45) is -4.65. The predicted molar refractivity (Wildman–Crippen MR) is 81.1 cm³/mol. The van der Waals surface area contributed by atoms with Gasteiger partial charge in [0.05, 0.1) is 16.7 Å². The topological polar surface area (TPSA) is 58.6 Å². The zero-order valence-electron chi connectivity index (χ0n) is 14.7. The average Bonchev–Trinajstić information content (AvgIpc) is 2.78. The van der Waals surface area contributed by atoms with Crippen LogP contribution in [0.5, 0.6) is 5.75 Å². The Hall–Kier alpha value is -2.25. The highest BCUT2D eigenvalue weighted by Crippen LogP contribution is 2.46. The fourth-order valence-electron chi connectivity index (χ4n) is 2.62. The Morgan fingerprint density at radius 2 is 2.00 bits per heavy atom. The molecular weight excluding hydrogens is 347 g/mol. The van der Waals surface area contributed by atoms with E-state index in [9.17, 15) is 23.1 Å². The second kappa shape index (κ2) is 5.39. The normalized spacial score (nSPS) is 22.2. The number of ether oxygens (including phenoxy) is 1. The Labute approximate surface area is 144 Å². The molecule has 1 unspecified atom stereocenters. The maximum atomic E-state index is 12.9. The number of nitrogens with one attached hydrogen (secondary N) is 1. The van der Waals surface area contributed by atoms with Gasteiger partial charge in [-0.15, -0.1) is 0 Å². The molecular formula is C16H11ClF3NO3. The summed E-state index contributed by atoms with van der Waals surface area (Å²) in [6, 6.07) is 5.89. The van der Waals surface area contributed by atoms with Crippen molar-refractivity contribution in [2.45, 2.75) is 11.8 Å². The number of halogens is 4. The molecule has 0 fully saturated rings. The van der Waals surface area contributed by atoms with E-state index in [4.69, 9.17) is 20.5 Å². The van der Waals surface area contributed by atoms with E-state index >= 15 is 0 Å². The van der Waals surface area contributed by atoms with Crippen LogP contribution in [0.25, 0.3) is 0 Å². The van der Waals surface area contributed by atoms with E-state index in [1.165, 1.54) is 6.07 Å². The molecule has 1 heterocycles. The first kappa shape index (κ1) is 13.1. The molecule has 1 amide bonds. The Morgan fingerprint density at radius 1 is 1.25 bits per heavy atom. The Kier molecular flexibility index (Phi) is 2.94. The van der Waals surface area contributed by atoms with Gasteiger partial charge in [-0.1, -0.05) is 17.7 Å². The Morgan fingerprint density at radius 3 is 2.67 bits per heavy atom. The molecule has 1 atom stereocenters. The van der Waals surface area contributed by atoms with Crippen LogP contribution in [-0.2, 0) is 16.6 Å². The van der Waals surface area contributed by atoms with Crippen molar-refractivity contribution in [3.8, 4) is 5.75 Å². The number of hydrogen-bond donors (Lipinski definition) is 2. The number of amides is 1. The maximum absolute atomic E-state index is 12.9. The summed E-state index contributed by atoms with van der Waals surface area (Å²) in [5.74, 6) is -1.42. The minimum atomic E-state index is -4.65. The summed E-state index contributed by atoms with van der Waals surface area (Å²) in [5, 5.41) is 13.3. The zero-order chi connectivity index (χ0) is 20.2. The number of methoxy groups -OCH3 is 1. The fraction of sp³-hybridized carbons (Fsp3) is 0.188. The molecule has 0 bridgehead atoms. The number of anilines is 1. The third kappa shape index (κ3) is 2.40. The van der Waals surface area contributed by atoms with Gasteiger partial charge in [-0.25, -0.2) is 0 Å². The molecule has 0 radical (unpaired) electrons. The SMILES string of the molecule is [3H]C([3H])([3H])Oc1ccc(Cl)cc1C1(O)C(=O)Nc2cc(C(F)(F)F)ccc21. The zero-order valence-corrected chi connectivity index (χ0v) is 12.5. The summed E-state index contributed by atoms with van der Waals surface area (Å²) < 4.78 is 65.2. The maximum Gasteiger partial charge on any atom is 0.416 e. The van der Waals surface area contributed by atoms with Crippen LogP contribution in [0, 0.1) is 0 Å². The number of carbonyl (C=O) groups excluding carboxylic acids is 1. The number of rotatable bonds is 2. The lowest BCUT2D eigenvalue weighted by atomic mass is 9.86. The molecule has 1 aliphatic rings. The van der Waals surface area contributed by atoms with Gasteiger partial charge in [-0.3, -0.25) is 4.79 Å². The third-order valence-electron chi connectivity index (χ3n) is 3.75. The van der Waals surface area contributed by atoms with Crippen LogP contribution in [0.3, 0.4) is 0 Å². The van der Waals surface area contributed by atoms with Crippen molar-refractivity contribution in [3.05, 3.63) is 58.1 Å². The number of carbonyl (C=O) groups is 1. The molecule has 24 heavy (non-hydrogen) atoms. The smallest absolute Gasteiger partial charge is 0.416 e. The van der Waals surface area contributed by atoms with Gasteiger partial charge in [0.25, 0.3) is 5.91 Å². The van der Waals surface area contributed by atoms with Gasteiger partial charge < -0.3 is 15.2 Å². The first-order chi connectivity index (χ1) is 12.3. The lowest BCUT2D eigenvalue weighted by Crippen LogP contribution is -2.35. The summed E-state index contributed by atoms with van der Waals surface area (Å²) >= 11 is 5.90. The highest BCUT2D eigenvalue weighted by atomic mass is 35.5. The molecule has 2 N–H and O–H groups in total. The number of alkyl halides is 3. The van der Waals surface area contributed by atoms with Gasteiger partial charge >= 0.3 is 6.18 Å². The van der Waals surface area contributed by atoms with Crippen LogP contribution >= 0.6 is 11.6 Å². The van der Waals surface area contributed by atoms with Gasteiger partial charge in [-0.05, 0) is 30.3 Å². The molecule has 0 spiro atoms. The first-order valence-corrected chi connectivity index (χ1v) is 6.95. The molecule has 4 nitrogen and oxygen atoms in total. The standard InChI is InChI=1S/C16H11ClF3NO3/c1-24-13-5-3-9(17)7-11(13)15(23)10-4-2-8(16(18,19)20)6-12(10)21-14(15)22/h2-7,23H,1H3,(H,21,22)/i1T3. The molecule has 2 aromatic carbocycles. The summed E-state index contributed by atoms with van der Waals surface area (Å²) in [4.78, 5) is 12.5. The van der Waals surface area contributed by atoms with Gasteiger partial charge in [0.1, 0.15) is 5.75 Å². The second-order valence-corrected chi connectivity index (χ2v) is 5.60. The van der Waals surface area contributed by atoms with Gasteiger partial charge in [0, 0.05) is 21.8 Å². The number of fused-ring (bicyclic) bond motifs is 1. The van der Waals surface area contributed by atoms with Crippen LogP contribution in [0.1, 0.15) is 20.8 Å². The molecule has 8 heteroatoms. The highest BCUT2D eigenvalue weighted by Gasteiger charge is 2.49. The summed E-state index contributed by atoms with van der Waals surface area (Å²) in [6.45, 7) is 0. The number of benzene rings is 2. The van der Waals surface area contributed by atoms with Crippen molar-refractivity contribution in [2.24, 2.45) is 0 Å². The van der Waals surface area contributed by atoms with Crippen molar-refractivity contribution in [3.63, 3.8) is 0 Å². The van der Waals surface area contributed by atoms with Crippen molar-refractivity contribution in [1.29, 1.82) is 0 Å². The number of aliphatic hydroxyl groups is 1. The predicted octanol–water partition coefficient (Wildman–Crippen LogP) is 3.56. The van der Waals surface area contributed by atoms with E-state index in [0.29, 0.717) is 12.1 Å². The molecule has 1 aliphatic heterocycles. The van der Waals surface area contributed by atoms with E-state index in [1.807, 2.05) is 0 Å². The lowest BCUT2D eigenvalue weighted by Gasteiger charge is -2.24. The third-order valence-corrected chi connectivity index (χ3v) is 3.99. The molecule has 0 aromatic heterocycles. The van der Waals surface area contributed by atoms with Crippen molar-refractivity contribution in [2.75, 3.05) is 12.4 Å². The average molecular weight is 364 g/mol. The first-order valence-electron chi connectivity index (χ1n) is 8.07. The highest BCUT2D eigenvalue weighted by molar-refractivity contribution is 6.30. The Bertz CT molecular complexity index is 933. The van der Waals surface area contributed by atoms with E-state index in [0.717, 1.165) is 18.2 Å². The van der Waals surface area contributed by atoms with Crippen LogP contribution in [0.2, 0.25) is 5.02 Å². The van der Waals surface area contributed by atoms with Crippen molar-refractivity contribution < 1.29 is 31.9 Å². The molecule has 126 valence electrons. The van der Waals surface area contributed by atoms with Crippen LogP contribution in [0.15, 0.2) is 36.4 Å². The minimum absolute atomic E-state index is 0.0597. The lowest BCUT2D eigenvalue weighted by molar-refractivity contribution is -0.137. The van der Waals surface area contributed by atoms with Crippen molar-refractivity contribution >= 4 is 23.2 Å². The Balaban J connectivity index is 2.19. The van der Waals surface area contributed by atoms with E-state index in [-0.39, 0.29) is 27.6 Å². The van der Waals surface area contributed by atoms with Crippen LogP contribution in [-0.4, -0.2) is 18.1 Å². The summed E-state index contributed by atoms with van der Waals surface area (Å²) in [7, 11) is -2.89. The van der Waals surface area contributed by atoms with E-state index in [1.54, 1.807) is 0 Å². The van der Waals surface area contributed by atoms with Crippen LogP contribution in [0.4, 0.5) is 18.9 Å². The van der Waals surface area contributed by atoms with Gasteiger partial charge in [0.2, 0.25) is 0 Å². The van der Waals surface area contributed by atoms with Crippen LogP contribution < -0.4 is 10.1 Å². The van der Waals surface area contributed by atoms with Crippen molar-refractivity contribution in [1.82, 2.24) is 0 Å². The minimum Gasteiger partial charge on any atom is -0.496 e. The largest absolute Gasteiger partial charge is 0.496 e. The molecule has 0 saturated heterocycles. The molecule has 0 saturated carbocycles. The van der Waals surface area contributed by atoms with Gasteiger partial charge in [0.15, 0.2) is 5.60 Å². The summed E-state index contributed by atoms with van der Waals surface area (Å²) in [5.41, 5.74) is -4.24.